The molecule has 0 fully saturated rings. The van der Waals surface area contributed by atoms with Crippen LogP contribution < -0.4 is 10.4 Å². The van der Waals surface area contributed by atoms with Crippen LogP contribution in [0.5, 0.6) is 0 Å². The second-order valence-corrected chi connectivity index (χ2v) is 6.84. The van der Waals surface area contributed by atoms with E-state index in [0.29, 0.717) is 15.7 Å². The quantitative estimate of drug-likeness (QED) is 0.725. The first-order valence-corrected chi connectivity index (χ1v) is 8.50. The van der Waals surface area contributed by atoms with Crippen LogP contribution >= 0.6 is 27.3 Å². The summed E-state index contributed by atoms with van der Waals surface area (Å²) < 4.78 is 0.956. The van der Waals surface area contributed by atoms with Gasteiger partial charge in [-0.05, 0) is 18.2 Å². The third-order valence-corrected chi connectivity index (χ3v) is 4.59. The van der Waals surface area contributed by atoms with Crippen LogP contribution in [0.2, 0.25) is 0 Å². The zero-order valence-corrected chi connectivity index (χ0v) is 14.4. The van der Waals surface area contributed by atoms with Gasteiger partial charge in [-0.3, -0.25) is 0 Å². The summed E-state index contributed by atoms with van der Waals surface area (Å²) in [7, 11) is 0. The zero-order valence-electron chi connectivity index (χ0n) is 12.0. The minimum absolute atomic E-state index is 0.151. The molecule has 2 aromatic carbocycles. The van der Waals surface area contributed by atoms with E-state index in [4.69, 9.17) is 0 Å². The summed E-state index contributed by atoms with van der Waals surface area (Å²) in [6, 6.07) is 17.2. The molecular formula is C17H12BrN2O2S-. The van der Waals surface area contributed by atoms with Crippen molar-refractivity contribution < 1.29 is 9.90 Å². The van der Waals surface area contributed by atoms with E-state index in [1.54, 1.807) is 0 Å². The third-order valence-electron chi connectivity index (χ3n) is 3.13. The number of hydrogen-bond acceptors (Lipinski definition) is 5. The number of nitrogens with zero attached hydrogens (tertiary/aromatic N) is 1. The normalized spacial score (nSPS) is 10.5. The molecule has 23 heavy (non-hydrogen) atoms. The maximum absolute atomic E-state index is 11.0. The van der Waals surface area contributed by atoms with Crippen molar-refractivity contribution in [1.82, 2.24) is 4.98 Å². The number of rotatable bonds is 5. The van der Waals surface area contributed by atoms with Crippen molar-refractivity contribution >= 4 is 44.1 Å². The van der Waals surface area contributed by atoms with E-state index in [9.17, 15) is 9.90 Å². The number of thiazole rings is 1. The lowest BCUT2D eigenvalue weighted by Crippen LogP contribution is -2.24. The molecule has 0 aliphatic rings. The number of carboxylic acid groups (broad SMARTS) is 1. The smallest absolute Gasteiger partial charge is 0.187 e. The van der Waals surface area contributed by atoms with E-state index in [-0.39, 0.29) is 6.42 Å². The lowest BCUT2D eigenvalue weighted by molar-refractivity contribution is -0.304. The second kappa shape index (κ2) is 6.93. The van der Waals surface area contributed by atoms with Gasteiger partial charge >= 0.3 is 0 Å². The van der Waals surface area contributed by atoms with Crippen molar-refractivity contribution in [1.29, 1.82) is 0 Å². The highest BCUT2D eigenvalue weighted by atomic mass is 79.9. The number of anilines is 2. The van der Waals surface area contributed by atoms with Crippen molar-refractivity contribution in [2.45, 2.75) is 6.42 Å². The lowest BCUT2D eigenvalue weighted by Gasteiger charge is -2.02. The summed E-state index contributed by atoms with van der Waals surface area (Å²) in [4.78, 5) is 16.2. The predicted molar refractivity (Wildman–Crippen MR) is 93.7 cm³/mol. The van der Waals surface area contributed by atoms with Crippen molar-refractivity contribution in [3.8, 4) is 11.3 Å². The van der Waals surface area contributed by atoms with E-state index in [1.807, 2.05) is 54.6 Å². The summed E-state index contributed by atoms with van der Waals surface area (Å²) in [5.74, 6) is -1.11. The monoisotopic (exact) mass is 387 g/mol. The number of aromatic nitrogens is 1. The highest BCUT2D eigenvalue weighted by Gasteiger charge is 2.13. The number of carbonyl (C=O) groups excluding carboxylic acids is 1. The van der Waals surface area contributed by atoms with Crippen LogP contribution in [0.15, 0.2) is 59.1 Å². The summed E-state index contributed by atoms with van der Waals surface area (Å²) in [5.41, 5.74) is 2.45. The van der Waals surface area contributed by atoms with Gasteiger partial charge in [0.25, 0.3) is 0 Å². The first-order chi connectivity index (χ1) is 11.1. The average Bonchev–Trinajstić information content (AvgIpc) is 2.90. The second-order valence-electron chi connectivity index (χ2n) is 4.84. The Hall–Kier alpha value is -2.18. The molecule has 0 saturated carbocycles. The van der Waals surface area contributed by atoms with Gasteiger partial charge in [0.15, 0.2) is 5.13 Å². The Balaban J connectivity index is 1.96. The molecule has 1 heterocycles. The van der Waals surface area contributed by atoms with Crippen molar-refractivity contribution in [3.05, 3.63) is 63.9 Å². The van der Waals surface area contributed by atoms with E-state index in [1.165, 1.54) is 11.3 Å². The van der Waals surface area contributed by atoms with E-state index < -0.39 is 5.97 Å². The molecule has 0 aliphatic carbocycles. The molecule has 6 heteroatoms. The molecule has 0 saturated heterocycles. The number of carboxylic acids is 1. The van der Waals surface area contributed by atoms with E-state index in [2.05, 4.69) is 26.2 Å². The molecule has 0 radical (unpaired) electrons. The van der Waals surface area contributed by atoms with Gasteiger partial charge in [0.05, 0.1) is 5.69 Å². The van der Waals surface area contributed by atoms with Gasteiger partial charge in [0, 0.05) is 33.0 Å². The highest BCUT2D eigenvalue weighted by Crippen LogP contribution is 2.33. The molecule has 4 nitrogen and oxygen atoms in total. The SMILES string of the molecule is O=C([O-])Cc1sc(Nc2cccc(Br)c2)nc1-c1ccccc1. The van der Waals surface area contributed by atoms with Gasteiger partial charge in [-0.15, -0.1) is 11.3 Å². The Morgan fingerprint density at radius 2 is 1.96 bits per heavy atom. The van der Waals surface area contributed by atoms with Crippen LogP contribution in [0.1, 0.15) is 4.88 Å². The summed E-state index contributed by atoms with van der Waals surface area (Å²) >= 11 is 4.75. The third kappa shape index (κ3) is 3.97. The minimum Gasteiger partial charge on any atom is -0.550 e. The van der Waals surface area contributed by atoms with Crippen LogP contribution in [0.25, 0.3) is 11.3 Å². The maximum Gasteiger partial charge on any atom is 0.187 e. The van der Waals surface area contributed by atoms with Crippen LogP contribution in [0.3, 0.4) is 0 Å². The number of nitrogens with one attached hydrogen (secondary N) is 1. The van der Waals surface area contributed by atoms with E-state index in [0.717, 1.165) is 15.7 Å². The van der Waals surface area contributed by atoms with Crippen LogP contribution in [-0.2, 0) is 11.2 Å². The molecule has 3 aromatic rings. The first kappa shape index (κ1) is 15.7. The largest absolute Gasteiger partial charge is 0.550 e. The molecule has 0 bridgehead atoms. The van der Waals surface area contributed by atoms with Gasteiger partial charge in [0.2, 0.25) is 0 Å². The van der Waals surface area contributed by atoms with Crippen molar-refractivity contribution in [2.75, 3.05) is 5.32 Å². The Morgan fingerprint density at radius 1 is 1.17 bits per heavy atom. The molecule has 0 aliphatic heterocycles. The van der Waals surface area contributed by atoms with Crippen LogP contribution in [0, 0.1) is 0 Å². The topological polar surface area (TPSA) is 65.0 Å². The average molecular weight is 388 g/mol. The number of carbonyl (C=O) groups is 1. The highest BCUT2D eigenvalue weighted by molar-refractivity contribution is 9.10. The molecule has 3 rings (SSSR count). The molecule has 116 valence electrons. The summed E-state index contributed by atoms with van der Waals surface area (Å²) in [6.45, 7) is 0. The summed E-state index contributed by atoms with van der Waals surface area (Å²) in [6.07, 6.45) is -0.151. The molecule has 0 atom stereocenters. The van der Waals surface area contributed by atoms with Gasteiger partial charge < -0.3 is 15.2 Å². The van der Waals surface area contributed by atoms with Gasteiger partial charge in [0.1, 0.15) is 0 Å². The van der Waals surface area contributed by atoms with Gasteiger partial charge in [-0.1, -0.05) is 52.3 Å². The fraction of sp³-hybridized carbons (Fsp3) is 0.0588. The fourth-order valence-corrected chi connectivity index (χ4v) is 3.56. The zero-order chi connectivity index (χ0) is 16.2. The Morgan fingerprint density at radius 3 is 2.65 bits per heavy atom. The predicted octanol–water partition coefficient (Wildman–Crippen LogP) is 3.61. The Labute approximate surface area is 146 Å². The Bertz CT molecular complexity index is 834. The number of hydrogen-bond donors (Lipinski definition) is 1. The molecule has 0 spiro atoms. The number of halogens is 1. The Kier molecular flexibility index (Phi) is 4.73. The molecule has 1 N–H and O–H groups in total. The number of benzene rings is 2. The summed E-state index contributed by atoms with van der Waals surface area (Å²) in [5, 5.41) is 14.9. The van der Waals surface area contributed by atoms with E-state index >= 15 is 0 Å². The van der Waals surface area contributed by atoms with Crippen LogP contribution in [0.4, 0.5) is 10.8 Å². The molecular weight excluding hydrogens is 376 g/mol. The van der Waals surface area contributed by atoms with Crippen LogP contribution in [-0.4, -0.2) is 11.0 Å². The minimum atomic E-state index is -1.11. The molecule has 0 amide bonds. The standard InChI is InChI=1S/C17H13BrN2O2S/c18-12-7-4-8-13(9-12)19-17-20-16(11-5-2-1-3-6-11)14(23-17)10-15(21)22/h1-9H,10H2,(H,19,20)(H,21,22)/p-1. The lowest BCUT2D eigenvalue weighted by atomic mass is 10.1. The van der Waals surface area contributed by atoms with Crippen molar-refractivity contribution in [3.63, 3.8) is 0 Å². The molecule has 1 aromatic heterocycles. The van der Waals surface area contributed by atoms with Gasteiger partial charge in [-0.25, -0.2) is 4.98 Å². The van der Waals surface area contributed by atoms with Crippen molar-refractivity contribution in [2.24, 2.45) is 0 Å². The first-order valence-electron chi connectivity index (χ1n) is 6.89. The maximum atomic E-state index is 11.0. The molecule has 0 unspecified atom stereocenters. The number of aliphatic carboxylic acids is 1. The van der Waals surface area contributed by atoms with Gasteiger partial charge in [-0.2, -0.15) is 0 Å². The fourth-order valence-electron chi connectivity index (χ4n) is 2.17.